The zero-order valence-electron chi connectivity index (χ0n) is 41.0. The first kappa shape index (κ1) is 43.8. The lowest BCUT2D eigenvalue weighted by Crippen LogP contribution is -2.09. The van der Waals surface area contributed by atoms with Crippen molar-refractivity contribution in [1.29, 1.82) is 0 Å². The second-order valence-electron chi connectivity index (χ2n) is 19.2. The molecule has 75 heavy (non-hydrogen) atoms. The van der Waals surface area contributed by atoms with Gasteiger partial charge in [0.25, 0.3) is 0 Å². The lowest BCUT2D eigenvalue weighted by atomic mass is 9.98. The van der Waals surface area contributed by atoms with Crippen LogP contribution in [-0.2, 0) is 0 Å². The molecule has 0 radical (unpaired) electrons. The molecule has 0 aliphatic heterocycles. The van der Waals surface area contributed by atoms with Gasteiger partial charge in [0.05, 0.1) is 16.7 Å². The molecule has 0 amide bonds. The number of anilines is 3. The van der Waals surface area contributed by atoms with E-state index in [0.29, 0.717) is 0 Å². The Balaban J connectivity index is 0.816. The lowest BCUT2D eigenvalue weighted by molar-refractivity contribution is 0.670. The van der Waals surface area contributed by atoms with E-state index < -0.39 is 0 Å². The topological polar surface area (TPSA) is 21.3 Å². The quantitative estimate of drug-likeness (QED) is 0.136. The van der Waals surface area contributed by atoms with E-state index in [1.165, 1.54) is 60.8 Å². The maximum Gasteiger partial charge on any atom is 0.143 e. The predicted octanol–water partition coefficient (Wildman–Crippen LogP) is 20.2. The average molecular weight is 957 g/mol. The fourth-order valence-electron chi connectivity index (χ4n) is 11.1. The number of para-hydroxylation sites is 3. The van der Waals surface area contributed by atoms with E-state index in [-0.39, 0.29) is 0 Å². The Morgan fingerprint density at radius 3 is 1.17 bits per heavy atom. The van der Waals surface area contributed by atoms with Crippen LogP contribution in [0.4, 0.5) is 17.1 Å². The molecule has 2 heterocycles. The first-order chi connectivity index (χ1) is 37.2. The minimum atomic E-state index is 0.901. The standard InChI is InChI=1S/C72H48N2O/c1-4-15-49(16-5-1)53-31-39-59(40-32-53)73(61-43-35-56(36-44-61)63-23-14-24-67-66-22-11-13-26-71(66)75-72(63)67)60-41-33-54(34-42-60)52-27-29-55(30-28-52)62-21-10-12-25-68(62)74-69-47-57(50-17-6-2-7-18-50)37-45-64(69)65-46-38-58(48-70(65)74)51-19-8-3-9-20-51/h1-48H. The summed E-state index contributed by atoms with van der Waals surface area (Å²) in [6, 6.07) is 105. The van der Waals surface area contributed by atoms with Crippen LogP contribution in [-0.4, -0.2) is 4.57 Å². The largest absolute Gasteiger partial charge is 0.455 e. The molecule has 0 unspecified atom stereocenters. The van der Waals surface area contributed by atoms with Crippen molar-refractivity contribution >= 4 is 60.8 Å². The van der Waals surface area contributed by atoms with Gasteiger partial charge in [-0.1, -0.05) is 231 Å². The van der Waals surface area contributed by atoms with Crippen molar-refractivity contribution in [1.82, 2.24) is 4.57 Å². The molecule has 0 N–H and O–H groups in total. The zero-order chi connectivity index (χ0) is 49.7. The smallest absolute Gasteiger partial charge is 0.143 e. The Morgan fingerprint density at radius 1 is 0.253 bits per heavy atom. The summed E-state index contributed by atoms with van der Waals surface area (Å²) in [6.45, 7) is 0. The number of hydrogen-bond donors (Lipinski definition) is 0. The molecule has 0 bridgehead atoms. The van der Waals surface area contributed by atoms with Crippen LogP contribution in [0.25, 0.3) is 116 Å². The van der Waals surface area contributed by atoms with Gasteiger partial charge in [-0.25, -0.2) is 0 Å². The SMILES string of the molecule is c1ccc(-c2ccc(N(c3ccc(-c4ccc(-c5ccccc5-n5c6cc(-c7ccccc7)ccc6c6ccc(-c7ccccc7)cc65)cc4)cc3)c3ccc(-c4cccc5c4oc4ccccc45)cc3)cc2)cc1. The number of nitrogens with zero attached hydrogens (tertiary/aromatic N) is 2. The molecule has 14 rings (SSSR count). The van der Waals surface area contributed by atoms with Gasteiger partial charge in [0.2, 0.25) is 0 Å². The molecule has 0 atom stereocenters. The highest BCUT2D eigenvalue weighted by atomic mass is 16.3. The summed E-state index contributed by atoms with van der Waals surface area (Å²) < 4.78 is 8.92. The summed E-state index contributed by atoms with van der Waals surface area (Å²) >= 11 is 0. The van der Waals surface area contributed by atoms with Gasteiger partial charge in [-0.3, -0.25) is 0 Å². The fraction of sp³-hybridized carbons (Fsp3) is 0. The Hall–Kier alpha value is -9.96. The van der Waals surface area contributed by atoms with E-state index in [1.54, 1.807) is 0 Å². The second kappa shape index (κ2) is 18.6. The van der Waals surface area contributed by atoms with Crippen LogP contribution in [0, 0.1) is 0 Å². The van der Waals surface area contributed by atoms with E-state index in [2.05, 4.69) is 289 Å². The molecule has 352 valence electrons. The van der Waals surface area contributed by atoms with Crippen molar-refractivity contribution in [3.05, 3.63) is 291 Å². The Kier molecular flexibility index (Phi) is 10.8. The second-order valence-corrected chi connectivity index (χ2v) is 19.2. The molecule has 0 saturated carbocycles. The van der Waals surface area contributed by atoms with Gasteiger partial charge >= 0.3 is 0 Å². The van der Waals surface area contributed by atoms with Gasteiger partial charge in [-0.15, -0.1) is 0 Å². The highest BCUT2D eigenvalue weighted by Gasteiger charge is 2.19. The van der Waals surface area contributed by atoms with Crippen LogP contribution >= 0.6 is 0 Å². The molecule has 3 nitrogen and oxygen atoms in total. The number of furan rings is 1. The summed E-state index contributed by atoms with van der Waals surface area (Å²) in [4.78, 5) is 2.34. The third-order valence-electron chi connectivity index (χ3n) is 14.9. The summed E-state index contributed by atoms with van der Waals surface area (Å²) in [5, 5.41) is 4.72. The van der Waals surface area contributed by atoms with Crippen LogP contribution in [0.1, 0.15) is 0 Å². The molecule has 2 aromatic heterocycles. The average Bonchev–Trinajstić information content (AvgIpc) is 4.05. The minimum Gasteiger partial charge on any atom is -0.455 e. The summed E-state index contributed by atoms with van der Waals surface area (Å²) in [5.41, 5.74) is 22.5. The number of aromatic nitrogens is 1. The Bertz CT molecular complexity index is 4250. The van der Waals surface area contributed by atoms with Crippen LogP contribution in [0.5, 0.6) is 0 Å². The van der Waals surface area contributed by atoms with Gasteiger partial charge in [-0.05, 0) is 116 Å². The van der Waals surface area contributed by atoms with Gasteiger partial charge in [0.15, 0.2) is 0 Å². The van der Waals surface area contributed by atoms with Crippen molar-refractivity contribution < 1.29 is 4.42 Å². The van der Waals surface area contributed by atoms with Gasteiger partial charge in [0.1, 0.15) is 11.2 Å². The Labute approximate surface area is 436 Å². The first-order valence-electron chi connectivity index (χ1n) is 25.6. The molecule has 14 aromatic rings. The summed E-state index contributed by atoms with van der Waals surface area (Å²) in [5.74, 6) is 0. The first-order valence-corrected chi connectivity index (χ1v) is 25.6. The Morgan fingerprint density at radius 2 is 0.627 bits per heavy atom. The summed E-state index contributed by atoms with van der Waals surface area (Å²) in [7, 11) is 0. The van der Waals surface area contributed by atoms with Crippen LogP contribution in [0.2, 0.25) is 0 Å². The number of hydrogen-bond acceptors (Lipinski definition) is 2. The van der Waals surface area contributed by atoms with Crippen LogP contribution in [0.15, 0.2) is 296 Å². The van der Waals surface area contributed by atoms with E-state index >= 15 is 0 Å². The number of fused-ring (bicyclic) bond motifs is 6. The molecule has 0 spiro atoms. The van der Waals surface area contributed by atoms with Crippen molar-refractivity contribution in [2.45, 2.75) is 0 Å². The van der Waals surface area contributed by atoms with Crippen LogP contribution in [0.3, 0.4) is 0 Å². The third kappa shape index (κ3) is 7.95. The highest BCUT2D eigenvalue weighted by molar-refractivity contribution is 6.12. The normalized spacial score (nSPS) is 11.5. The summed E-state index contributed by atoms with van der Waals surface area (Å²) in [6.07, 6.45) is 0. The number of rotatable bonds is 10. The maximum atomic E-state index is 6.45. The fourth-order valence-corrected chi connectivity index (χ4v) is 11.1. The third-order valence-corrected chi connectivity index (χ3v) is 14.9. The highest BCUT2D eigenvalue weighted by Crippen LogP contribution is 2.43. The molecule has 0 aliphatic rings. The van der Waals surface area contributed by atoms with E-state index in [4.69, 9.17) is 4.42 Å². The van der Waals surface area contributed by atoms with E-state index in [9.17, 15) is 0 Å². The van der Waals surface area contributed by atoms with Gasteiger partial charge < -0.3 is 13.9 Å². The van der Waals surface area contributed by atoms with Gasteiger partial charge in [0, 0.05) is 49.7 Å². The lowest BCUT2D eigenvalue weighted by Gasteiger charge is -2.26. The van der Waals surface area contributed by atoms with Crippen molar-refractivity contribution in [3.63, 3.8) is 0 Å². The molecular weight excluding hydrogens is 909 g/mol. The molecule has 3 heteroatoms. The van der Waals surface area contributed by atoms with E-state index in [1.807, 2.05) is 12.1 Å². The van der Waals surface area contributed by atoms with Gasteiger partial charge in [-0.2, -0.15) is 0 Å². The molecule has 0 fully saturated rings. The molecule has 12 aromatic carbocycles. The van der Waals surface area contributed by atoms with Crippen molar-refractivity contribution in [3.8, 4) is 72.4 Å². The minimum absolute atomic E-state index is 0.901. The molecule has 0 saturated heterocycles. The molecule has 0 aliphatic carbocycles. The molecular formula is C72H48N2O. The van der Waals surface area contributed by atoms with Crippen LogP contribution < -0.4 is 4.90 Å². The van der Waals surface area contributed by atoms with Crippen molar-refractivity contribution in [2.24, 2.45) is 0 Å². The van der Waals surface area contributed by atoms with Crippen molar-refractivity contribution in [2.75, 3.05) is 4.90 Å². The monoisotopic (exact) mass is 956 g/mol. The zero-order valence-corrected chi connectivity index (χ0v) is 41.0. The predicted molar refractivity (Wildman–Crippen MR) is 315 cm³/mol. The van der Waals surface area contributed by atoms with E-state index in [0.717, 1.165) is 72.5 Å². The maximum absolute atomic E-state index is 6.45. The number of benzene rings is 12.